The molecule has 0 heterocycles. The average Bonchev–Trinajstić information content (AvgIpc) is 2.20. The maximum atomic E-state index is 8.00. The van der Waals surface area contributed by atoms with Crippen LogP contribution in [-0.2, 0) is 17.6 Å². The topological polar surface area (TPSA) is 43.1 Å². The fourth-order valence-corrected chi connectivity index (χ4v) is 1.32. The zero-order valence-electron chi connectivity index (χ0n) is 8.34. The molecule has 1 aromatic carbocycles. The summed E-state index contributed by atoms with van der Waals surface area (Å²) in [5.41, 5.74) is 9.33. The summed E-state index contributed by atoms with van der Waals surface area (Å²) in [6.45, 7) is 6.33. The van der Waals surface area contributed by atoms with E-state index in [1.54, 1.807) is 0 Å². The molecule has 0 aromatic heterocycles. The number of nitrogen functional groups attached to an aromatic ring is 1. The van der Waals surface area contributed by atoms with E-state index in [4.69, 9.17) is 10.5 Å². The molecule has 2 heteroatoms. The predicted molar refractivity (Wildman–Crippen MR) is 56.7 cm³/mol. The normalized spacial score (nSPS) is 8.77. The van der Waals surface area contributed by atoms with E-state index in [0.717, 1.165) is 18.5 Å². The van der Waals surface area contributed by atoms with Gasteiger partial charge in [0, 0.05) is 5.69 Å². The molecule has 2 nitrogen and oxygen atoms in total. The fraction of sp³-hybridized carbons (Fsp3) is 0.364. The van der Waals surface area contributed by atoms with Crippen molar-refractivity contribution in [2.75, 3.05) is 5.73 Å². The van der Waals surface area contributed by atoms with Crippen LogP contribution in [0.1, 0.15) is 25.0 Å². The van der Waals surface area contributed by atoms with Crippen LogP contribution in [-0.4, -0.2) is 6.79 Å². The van der Waals surface area contributed by atoms with E-state index in [1.165, 1.54) is 11.1 Å². The molecule has 1 rings (SSSR count). The molecule has 0 unspecified atom stereocenters. The minimum Gasteiger partial charge on any atom is -0.399 e. The van der Waals surface area contributed by atoms with Gasteiger partial charge in [-0.2, -0.15) is 0 Å². The van der Waals surface area contributed by atoms with Crippen LogP contribution in [0.15, 0.2) is 18.2 Å². The summed E-state index contributed by atoms with van der Waals surface area (Å²) >= 11 is 0. The van der Waals surface area contributed by atoms with Gasteiger partial charge in [-0.05, 0) is 36.1 Å². The zero-order chi connectivity index (χ0) is 10.3. The van der Waals surface area contributed by atoms with Crippen LogP contribution in [0.4, 0.5) is 5.69 Å². The molecule has 0 spiro atoms. The summed E-state index contributed by atoms with van der Waals surface area (Å²) in [6, 6.07) is 6.16. The molecule has 13 heavy (non-hydrogen) atoms. The average molecular weight is 179 g/mol. The van der Waals surface area contributed by atoms with Crippen LogP contribution in [0.3, 0.4) is 0 Å². The summed E-state index contributed by atoms with van der Waals surface area (Å²) in [7, 11) is 0. The maximum Gasteiger partial charge on any atom is 0.106 e. The summed E-state index contributed by atoms with van der Waals surface area (Å²) < 4.78 is 0. The Morgan fingerprint density at radius 2 is 1.69 bits per heavy atom. The number of benzene rings is 1. The lowest BCUT2D eigenvalue weighted by Crippen LogP contribution is -1.93. The van der Waals surface area contributed by atoms with E-state index < -0.39 is 0 Å². The Morgan fingerprint density at radius 1 is 1.15 bits per heavy atom. The molecule has 0 amide bonds. The first kappa shape index (κ1) is 11.7. The van der Waals surface area contributed by atoms with Crippen molar-refractivity contribution in [1.29, 1.82) is 0 Å². The molecule has 0 atom stereocenters. The van der Waals surface area contributed by atoms with Gasteiger partial charge in [0.25, 0.3) is 0 Å². The molecule has 1 aromatic rings. The van der Waals surface area contributed by atoms with E-state index in [1.807, 2.05) is 12.9 Å². The summed E-state index contributed by atoms with van der Waals surface area (Å²) in [6.07, 6.45) is 2.18. The van der Waals surface area contributed by atoms with Crippen molar-refractivity contribution in [3.63, 3.8) is 0 Å². The number of nitrogens with two attached hydrogens (primary N) is 1. The van der Waals surface area contributed by atoms with Crippen molar-refractivity contribution in [3.8, 4) is 0 Å². The van der Waals surface area contributed by atoms with Crippen molar-refractivity contribution in [2.24, 2.45) is 0 Å². The highest BCUT2D eigenvalue weighted by Crippen LogP contribution is 2.14. The van der Waals surface area contributed by atoms with Crippen LogP contribution in [0.5, 0.6) is 0 Å². The molecule has 0 aliphatic rings. The third-order valence-corrected chi connectivity index (χ3v) is 1.99. The molecule has 0 aliphatic heterocycles. The lowest BCUT2D eigenvalue weighted by Gasteiger charge is -2.05. The molecule has 0 saturated heterocycles. The van der Waals surface area contributed by atoms with Crippen molar-refractivity contribution >= 4 is 12.5 Å². The largest absolute Gasteiger partial charge is 0.399 e. The van der Waals surface area contributed by atoms with E-state index >= 15 is 0 Å². The molecule has 0 saturated carbocycles. The maximum absolute atomic E-state index is 8.00. The van der Waals surface area contributed by atoms with E-state index in [9.17, 15) is 0 Å². The Kier molecular flexibility index (Phi) is 5.60. The standard InChI is InChI=1S/C10H15N.CH2O/c1-3-8-5-6-10(11)7-9(8)4-2;1-2/h5-7H,3-4,11H2,1-2H3;1H2. The highest BCUT2D eigenvalue weighted by Gasteiger charge is 1.97. The van der Waals surface area contributed by atoms with Crippen LogP contribution in [0.2, 0.25) is 0 Å². The fourth-order valence-electron chi connectivity index (χ4n) is 1.32. The second-order valence-electron chi connectivity index (χ2n) is 2.74. The third-order valence-electron chi connectivity index (χ3n) is 1.99. The molecule has 0 fully saturated rings. The second kappa shape index (κ2) is 6.23. The highest BCUT2D eigenvalue weighted by molar-refractivity contribution is 5.44. The summed E-state index contributed by atoms with van der Waals surface area (Å²) in [4.78, 5) is 8.00. The van der Waals surface area contributed by atoms with Crippen LogP contribution < -0.4 is 5.73 Å². The van der Waals surface area contributed by atoms with Gasteiger partial charge in [-0.1, -0.05) is 19.9 Å². The minimum absolute atomic E-state index is 0.874. The summed E-state index contributed by atoms with van der Waals surface area (Å²) in [5.74, 6) is 0. The predicted octanol–water partition coefficient (Wildman–Crippen LogP) is 2.21. The third kappa shape index (κ3) is 3.28. The van der Waals surface area contributed by atoms with Gasteiger partial charge in [0.2, 0.25) is 0 Å². The van der Waals surface area contributed by atoms with Gasteiger partial charge in [-0.15, -0.1) is 0 Å². The summed E-state index contributed by atoms with van der Waals surface area (Å²) in [5, 5.41) is 0. The lowest BCUT2D eigenvalue weighted by atomic mass is 10.0. The molecule has 0 radical (unpaired) electrons. The van der Waals surface area contributed by atoms with Gasteiger partial charge in [0.05, 0.1) is 0 Å². The molecule has 0 bridgehead atoms. The molecular formula is C11H17NO. The van der Waals surface area contributed by atoms with E-state index in [2.05, 4.69) is 26.0 Å². The molecule has 0 aliphatic carbocycles. The number of carbonyl (C=O) groups excluding carboxylic acids is 1. The number of anilines is 1. The van der Waals surface area contributed by atoms with Crippen molar-refractivity contribution in [3.05, 3.63) is 29.3 Å². The number of rotatable bonds is 2. The van der Waals surface area contributed by atoms with Gasteiger partial charge >= 0.3 is 0 Å². The van der Waals surface area contributed by atoms with E-state index in [0.29, 0.717) is 0 Å². The van der Waals surface area contributed by atoms with Crippen molar-refractivity contribution in [1.82, 2.24) is 0 Å². The first-order valence-electron chi connectivity index (χ1n) is 4.44. The van der Waals surface area contributed by atoms with Crippen molar-refractivity contribution in [2.45, 2.75) is 26.7 Å². The number of carbonyl (C=O) groups is 1. The quantitative estimate of drug-likeness (QED) is 0.707. The Bertz CT molecular complexity index is 258. The van der Waals surface area contributed by atoms with Crippen LogP contribution in [0.25, 0.3) is 0 Å². The zero-order valence-corrected chi connectivity index (χ0v) is 8.34. The first-order chi connectivity index (χ1) is 6.27. The number of hydrogen-bond donors (Lipinski definition) is 1. The molecule has 2 N–H and O–H groups in total. The second-order valence-corrected chi connectivity index (χ2v) is 2.74. The van der Waals surface area contributed by atoms with Gasteiger partial charge in [-0.3, -0.25) is 0 Å². The van der Waals surface area contributed by atoms with Gasteiger partial charge in [0.1, 0.15) is 6.79 Å². The van der Waals surface area contributed by atoms with Crippen LogP contribution >= 0.6 is 0 Å². The van der Waals surface area contributed by atoms with Gasteiger partial charge in [-0.25, -0.2) is 0 Å². The van der Waals surface area contributed by atoms with Crippen molar-refractivity contribution < 1.29 is 4.79 Å². The monoisotopic (exact) mass is 179 g/mol. The SMILES string of the molecule is C=O.CCc1ccc(N)cc1CC. The Labute approximate surface area is 79.8 Å². The minimum atomic E-state index is 0.874. The Balaban J connectivity index is 0.000000671. The lowest BCUT2D eigenvalue weighted by molar-refractivity contribution is -0.0979. The van der Waals surface area contributed by atoms with Gasteiger partial charge in [0.15, 0.2) is 0 Å². The van der Waals surface area contributed by atoms with Crippen LogP contribution in [0, 0.1) is 0 Å². The molecular weight excluding hydrogens is 162 g/mol. The highest BCUT2D eigenvalue weighted by atomic mass is 16.1. The number of hydrogen-bond acceptors (Lipinski definition) is 2. The van der Waals surface area contributed by atoms with E-state index in [-0.39, 0.29) is 0 Å². The van der Waals surface area contributed by atoms with Gasteiger partial charge < -0.3 is 10.5 Å². The Morgan fingerprint density at radius 3 is 2.15 bits per heavy atom. The molecule has 72 valence electrons. The number of aryl methyl sites for hydroxylation is 2. The smallest absolute Gasteiger partial charge is 0.106 e. The Hall–Kier alpha value is -1.31. The first-order valence-corrected chi connectivity index (χ1v) is 4.44.